The predicted octanol–water partition coefficient (Wildman–Crippen LogP) is 1.60. The highest BCUT2D eigenvalue weighted by Gasteiger charge is 2.06. The van der Waals surface area contributed by atoms with Gasteiger partial charge in [0.2, 0.25) is 0 Å². The third kappa shape index (κ3) is 2.10. The van der Waals surface area contributed by atoms with Gasteiger partial charge >= 0.3 is 0 Å². The monoisotopic (exact) mass is 237 g/mol. The van der Waals surface area contributed by atoms with E-state index >= 15 is 0 Å². The smallest absolute Gasteiger partial charge is 0.258 e. The van der Waals surface area contributed by atoms with Gasteiger partial charge in [-0.1, -0.05) is 18.2 Å². The van der Waals surface area contributed by atoms with Crippen LogP contribution in [0, 0.1) is 0 Å². The Hall–Kier alpha value is -1.32. The maximum Gasteiger partial charge on any atom is 0.258 e. The number of benzene rings is 1. The number of aliphatic hydroxyl groups excluding tert-OH is 1. The van der Waals surface area contributed by atoms with Gasteiger partial charge in [0.15, 0.2) is 0 Å². The van der Waals surface area contributed by atoms with Crippen LogP contribution in [0.3, 0.4) is 0 Å². The second-order valence-corrected chi connectivity index (χ2v) is 3.98. The first-order valence-corrected chi connectivity index (χ1v) is 5.58. The second kappa shape index (κ2) is 4.68. The Labute approximate surface area is 97.9 Å². The Kier molecular flexibility index (Phi) is 3.27. The van der Waals surface area contributed by atoms with Crippen molar-refractivity contribution in [3.05, 3.63) is 46.9 Å². The Balaban J connectivity index is 2.49. The zero-order chi connectivity index (χ0) is 11.5. The quantitative estimate of drug-likeness (QED) is 0.824. The molecule has 0 aliphatic heterocycles. The fourth-order valence-electron chi connectivity index (χ4n) is 1.65. The second-order valence-electron chi connectivity index (χ2n) is 3.67. The molecule has 1 aromatic heterocycles. The molecule has 0 radical (unpaired) electrons. The molecule has 1 aromatic carbocycles. The van der Waals surface area contributed by atoms with Gasteiger partial charge in [0.1, 0.15) is 0 Å². The molecule has 0 bridgehead atoms. The maximum atomic E-state index is 12.0. The molecule has 4 heteroatoms. The first-order valence-electron chi connectivity index (χ1n) is 5.04. The molecule has 0 saturated carbocycles. The van der Waals surface area contributed by atoms with Crippen molar-refractivity contribution in [2.45, 2.75) is 12.6 Å². The topological polar surface area (TPSA) is 42.2 Å². The van der Waals surface area contributed by atoms with Crippen LogP contribution >= 0.6 is 11.6 Å². The Morgan fingerprint density at radius 3 is 2.81 bits per heavy atom. The van der Waals surface area contributed by atoms with Crippen molar-refractivity contribution in [1.82, 2.24) is 4.57 Å². The van der Waals surface area contributed by atoms with Gasteiger partial charge in [-0.25, -0.2) is 0 Å². The van der Waals surface area contributed by atoms with Crippen LogP contribution < -0.4 is 5.56 Å². The molecule has 0 aliphatic rings. The molecule has 3 nitrogen and oxygen atoms in total. The summed E-state index contributed by atoms with van der Waals surface area (Å²) < 4.78 is 1.48. The summed E-state index contributed by atoms with van der Waals surface area (Å²) in [5.74, 6) is 0.124. The molecule has 0 fully saturated rings. The lowest BCUT2D eigenvalue weighted by atomic mass is 10.2. The molecular formula is C12H12ClNO2. The van der Waals surface area contributed by atoms with Crippen LogP contribution in [0.5, 0.6) is 0 Å². The molecule has 2 aromatic rings. The van der Waals surface area contributed by atoms with E-state index in [2.05, 4.69) is 0 Å². The van der Waals surface area contributed by atoms with Gasteiger partial charge in [-0.05, 0) is 17.5 Å². The average Bonchev–Trinajstić information content (AvgIpc) is 2.33. The summed E-state index contributed by atoms with van der Waals surface area (Å²) in [5.41, 5.74) is -0.0951. The first-order chi connectivity index (χ1) is 7.72. The fraction of sp³-hybridized carbons (Fsp3) is 0.250. The van der Waals surface area contributed by atoms with Crippen LogP contribution in [-0.2, 0) is 6.54 Å². The number of alkyl halides is 1. The summed E-state index contributed by atoms with van der Waals surface area (Å²) in [6.45, 7) is 0.229. The number of rotatable bonds is 3. The number of hydrogen-bond acceptors (Lipinski definition) is 2. The molecule has 1 N–H and O–H groups in total. The van der Waals surface area contributed by atoms with E-state index in [0.717, 1.165) is 5.39 Å². The lowest BCUT2D eigenvalue weighted by Gasteiger charge is -2.10. The number of nitrogens with zero attached hydrogens (tertiary/aromatic N) is 1. The lowest BCUT2D eigenvalue weighted by Crippen LogP contribution is -2.27. The van der Waals surface area contributed by atoms with Crippen LogP contribution in [0.4, 0.5) is 0 Å². The summed E-state index contributed by atoms with van der Waals surface area (Å²) in [7, 11) is 0. The molecule has 0 spiro atoms. The van der Waals surface area contributed by atoms with E-state index in [4.69, 9.17) is 11.6 Å². The average molecular weight is 238 g/mol. The summed E-state index contributed by atoms with van der Waals surface area (Å²) in [6.07, 6.45) is 0.987. The van der Waals surface area contributed by atoms with Gasteiger partial charge in [0.25, 0.3) is 5.56 Å². The molecule has 84 valence electrons. The van der Waals surface area contributed by atoms with E-state index in [1.807, 2.05) is 24.3 Å². The van der Waals surface area contributed by atoms with E-state index < -0.39 is 6.10 Å². The van der Waals surface area contributed by atoms with Gasteiger partial charge in [-0.3, -0.25) is 4.79 Å². The van der Waals surface area contributed by atoms with Crippen LogP contribution in [0.1, 0.15) is 0 Å². The van der Waals surface area contributed by atoms with Crippen LogP contribution in [0.25, 0.3) is 10.8 Å². The normalized spacial score (nSPS) is 12.9. The number of pyridine rings is 1. The van der Waals surface area contributed by atoms with E-state index in [1.165, 1.54) is 4.57 Å². The van der Waals surface area contributed by atoms with E-state index in [-0.39, 0.29) is 18.0 Å². The molecule has 1 unspecified atom stereocenters. The predicted molar refractivity (Wildman–Crippen MR) is 64.9 cm³/mol. The van der Waals surface area contributed by atoms with Crippen molar-refractivity contribution in [1.29, 1.82) is 0 Å². The van der Waals surface area contributed by atoms with E-state index in [9.17, 15) is 9.90 Å². The third-order valence-electron chi connectivity index (χ3n) is 2.47. The Morgan fingerprint density at radius 2 is 2.06 bits per heavy atom. The van der Waals surface area contributed by atoms with Crippen molar-refractivity contribution in [3.63, 3.8) is 0 Å². The number of fused-ring (bicyclic) bond motifs is 1. The molecule has 1 atom stereocenters. The zero-order valence-electron chi connectivity index (χ0n) is 8.64. The van der Waals surface area contributed by atoms with Crippen LogP contribution in [-0.4, -0.2) is 21.7 Å². The minimum atomic E-state index is -0.694. The Bertz CT molecular complexity index is 550. The fourth-order valence-corrected chi connectivity index (χ4v) is 1.75. The minimum absolute atomic E-state index is 0.0951. The number of aromatic nitrogens is 1. The van der Waals surface area contributed by atoms with E-state index in [0.29, 0.717) is 5.39 Å². The zero-order valence-corrected chi connectivity index (χ0v) is 9.39. The largest absolute Gasteiger partial charge is 0.390 e. The summed E-state index contributed by atoms with van der Waals surface area (Å²) >= 11 is 5.51. The van der Waals surface area contributed by atoms with Gasteiger partial charge in [-0.2, -0.15) is 0 Å². The summed E-state index contributed by atoms with van der Waals surface area (Å²) in [6, 6.07) is 9.24. The lowest BCUT2D eigenvalue weighted by molar-refractivity contribution is 0.175. The standard InChI is InChI=1S/C12H12ClNO2/c13-7-10(15)8-14-6-5-9-3-1-2-4-11(9)12(14)16/h1-6,10,15H,7-8H2. The van der Waals surface area contributed by atoms with E-state index in [1.54, 1.807) is 12.3 Å². The third-order valence-corrected chi connectivity index (χ3v) is 2.83. The highest BCUT2D eigenvalue weighted by molar-refractivity contribution is 6.18. The van der Waals surface area contributed by atoms with Crippen LogP contribution in [0.15, 0.2) is 41.3 Å². The maximum absolute atomic E-state index is 12.0. The molecule has 1 heterocycles. The molecule has 0 aliphatic carbocycles. The molecule has 0 saturated heterocycles. The number of aliphatic hydroxyl groups is 1. The molecule has 0 amide bonds. The summed E-state index contributed by atoms with van der Waals surface area (Å²) in [4.78, 5) is 12.0. The van der Waals surface area contributed by atoms with Gasteiger partial charge < -0.3 is 9.67 Å². The van der Waals surface area contributed by atoms with Crippen molar-refractivity contribution in [3.8, 4) is 0 Å². The number of halogens is 1. The minimum Gasteiger partial charge on any atom is -0.390 e. The molecule has 16 heavy (non-hydrogen) atoms. The summed E-state index contributed by atoms with van der Waals surface area (Å²) in [5, 5.41) is 11.0. The van der Waals surface area contributed by atoms with Crippen molar-refractivity contribution < 1.29 is 5.11 Å². The van der Waals surface area contributed by atoms with Gasteiger partial charge in [0.05, 0.1) is 18.5 Å². The highest BCUT2D eigenvalue weighted by Crippen LogP contribution is 2.08. The number of hydrogen-bond donors (Lipinski definition) is 1. The van der Waals surface area contributed by atoms with Crippen LogP contribution in [0.2, 0.25) is 0 Å². The SMILES string of the molecule is O=c1c2ccccc2ccn1CC(O)CCl. The highest BCUT2D eigenvalue weighted by atomic mass is 35.5. The van der Waals surface area contributed by atoms with Crippen molar-refractivity contribution in [2.24, 2.45) is 0 Å². The first kappa shape index (κ1) is 11.2. The molecule has 2 rings (SSSR count). The van der Waals surface area contributed by atoms with Crippen molar-refractivity contribution >= 4 is 22.4 Å². The Morgan fingerprint density at radius 1 is 1.31 bits per heavy atom. The van der Waals surface area contributed by atoms with Gasteiger partial charge in [-0.15, -0.1) is 11.6 Å². The van der Waals surface area contributed by atoms with Crippen molar-refractivity contribution in [2.75, 3.05) is 5.88 Å². The van der Waals surface area contributed by atoms with Gasteiger partial charge in [0, 0.05) is 11.6 Å². The molecular weight excluding hydrogens is 226 g/mol.